The molecular weight excluding hydrogens is 257 g/mol. The first-order valence-corrected chi connectivity index (χ1v) is 5.70. The van der Waals surface area contributed by atoms with Gasteiger partial charge in [0.05, 0.1) is 5.69 Å². The van der Waals surface area contributed by atoms with Crippen molar-refractivity contribution in [1.29, 1.82) is 0 Å². The molecule has 2 rings (SSSR count). The Labute approximate surface area is 108 Å². The Kier molecular flexibility index (Phi) is 3.43. The topological polar surface area (TPSA) is 47.8 Å². The molecule has 0 aliphatic rings. The van der Waals surface area contributed by atoms with E-state index >= 15 is 0 Å². The Balaban J connectivity index is 2.30. The van der Waals surface area contributed by atoms with E-state index in [1.807, 2.05) is 0 Å². The molecule has 0 N–H and O–H groups in total. The average molecular weight is 268 g/mol. The van der Waals surface area contributed by atoms with E-state index in [0.29, 0.717) is 16.4 Å². The molecule has 2 heterocycles. The molecule has 0 saturated heterocycles. The second kappa shape index (κ2) is 4.86. The number of hydrogen-bond donors (Lipinski definition) is 0. The molecule has 18 heavy (non-hydrogen) atoms. The Hall–Kier alpha value is -1.75. The van der Waals surface area contributed by atoms with Crippen LogP contribution in [0.4, 0.5) is 4.39 Å². The minimum Gasteiger partial charge on any atom is -0.292 e. The van der Waals surface area contributed by atoms with Crippen LogP contribution >= 0.6 is 11.6 Å². The van der Waals surface area contributed by atoms with Crippen molar-refractivity contribution in [3.63, 3.8) is 0 Å². The summed E-state index contributed by atoms with van der Waals surface area (Å²) in [7, 11) is 1.69. The number of hydrogen-bond acceptors (Lipinski definition) is 3. The summed E-state index contributed by atoms with van der Waals surface area (Å²) in [5.41, 5.74) is 1.10. The second-order valence-corrected chi connectivity index (χ2v) is 4.27. The minimum atomic E-state index is -0.625. The molecule has 6 heteroatoms. The van der Waals surface area contributed by atoms with Crippen LogP contribution in [0.1, 0.15) is 21.7 Å². The van der Waals surface area contributed by atoms with E-state index in [-0.39, 0.29) is 12.1 Å². The van der Waals surface area contributed by atoms with E-state index in [1.54, 1.807) is 14.0 Å². The van der Waals surface area contributed by atoms with Crippen LogP contribution in [0, 0.1) is 12.7 Å². The lowest BCUT2D eigenvalue weighted by Crippen LogP contribution is -2.09. The van der Waals surface area contributed by atoms with Crippen molar-refractivity contribution in [1.82, 2.24) is 14.8 Å². The zero-order valence-electron chi connectivity index (χ0n) is 9.94. The predicted octanol–water partition coefficient (Wildman–Crippen LogP) is 2.34. The highest BCUT2D eigenvalue weighted by Gasteiger charge is 2.19. The first kappa shape index (κ1) is 12.7. The van der Waals surface area contributed by atoms with Crippen molar-refractivity contribution in [2.75, 3.05) is 0 Å². The Bertz CT molecular complexity index is 609. The number of halogens is 2. The number of Topliss-reactive ketones (excluding diaryl/α,β-unsaturated/α-hetero) is 1. The number of aromatic nitrogens is 3. The van der Waals surface area contributed by atoms with Gasteiger partial charge < -0.3 is 0 Å². The standard InChI is InChI=1S/C12H11ClFN3O/c1-7-8(12(13)17(2)16-7)6-10(18)11-9(14)4-3-5-15-11/h3-5H,6H2,1-2H3. The van der Waals surface area contributed by atoms with Crippen LogP contribution in [0.15, 0.2) is 18.3 Å². The van der Waals surface area contributed by atoms with E-state index in [2.05, 4.69) is 10.1 Å². The zero-order chi connectivity index (χ0) is 13.3. The van der Waals surface area contributed by atoms with Crippen molar-refractivity contribution in [2.24, 2.45) is 7.05 Å². The fourth-order valence-electron chi connectivity index (χ4n) is 1.71. The van der Waals surface area contributed by atoms with Gasteiger partial charge in [-0.1, -0.05) is 11.6 Å². The fourth-order valence-corrected chi connectivity index (χ4v) is 1.95. The highest BCUT2D eigenvalue weighted by molar-refractivity contribution is 6.30. The number of ketones is 1. The summed E-state index contributed by atoms with van der Waals surface area (Å²) < 4.78 is 14.9. The summed E-state index contributed by atoms with van der Waals surface area (Å²) in [6, 6.07) is 2.65. The van der Waals surface area contributed by atoms with Crippen LogP contribution in [-0.2, 0) is 13.5 Å². The lowest BCUT2D eigenvalue weighted by Gasteiger charge is -2.01. The Morgan fingerprint density at radius 2 is 2.28 bits per heavy atom. The van der Waals surface area contributed by atoms with Crippen LogP contribution in [0.3, 0.4) is 0 Å². The first-order chi connectivity index (χ1) is 8.50. The van der Waals surface area contributed by atoms with Gasteiger partial charge in [0.15, 0.2) is 11.6 Å². The van der Waals surface area contributed by atoms with Gasteiger partial charge in [-0.2, -0.15) is 5.10 Å². The highest BCUT2D eigenvalue weighted by atomic mass is 35.5. The average Bonchev–Trinajstić information content (AvgIpc) is 2.56. The molecule has 0 aliphatic carbocycles. The molecule has 94 valence electrons. The SMILES string of the molecule is Cc1nn(C)c(Cl)c1CC(=O)c1ncccc1F. The van der Waals surface area contributed by atoms with E-state index in [9.17, 15) is 9.18 Å². The molecule has 2 aromatic rings. The van der Waals surface area contributed by atoms with Gasteiger partial charge in [-0.25, -0.2) is 4.39 Å². The lowest BCUT2D eigenvalue weighted by atomic mass is 10.1. The smallest absolute Gasteiger partial charge is 0.188 e. The fraction of sp³-hybridized carbons (Fsp3) is 0.250. The van der Waals surface area contributed by atoms with Crippen molar-refractivity contribution in [3.05, 3.63) is 46.3 Å². The highest BCUT2D eigenvalue weighted by Crippen LogP contribution is 2.20. The quantitative estimate of drug-likeness (QED) is 0.802. The van der Waals surface area contributed by atoms with E-state index < -0.39 is 11.6 Å². The Morgan fingerprint density at radius 3 is 2.83 bits per heavy atom. The summed E-state index contributed by atoms with van der Waals surface area (Å²) >= 11 is 6.02. The molecule has 0 saturated carbocycles. The van der Waals surface area contributed by atoms with Gasteiger partial charge >= 0.3 is 0 Å². The number of aryl methyl sites for hydroxylation is 2. The second-order valence-electron chi connectivity index (χ2n) is 3.91. The lowest BCUT2D eigenvalue weighted by molar-refractivity contribution is 0.0983. The monoisotopic (exact) mass is 267 g/mol. The summed E-state index contributed by atoms with van der Waals surface area (Å²) in [6.07, 6.45) is 1.38. The maximum absolute atomic E-state index is 13.4. The predicted molar refractivity (Wildman–Crippen MR) is 65.2 cm³/mol. The van der Waals surface area contributed by atoms with E-state index in [4.69, 9.17) is 11.6 Å². The van der Waals surface area contributed by atoms with Crippen molar-refractivity contribution < 1.29 is 9.18 Å². The van der Waals surface area contributed by atoms with Crippen LogP contribution in [0.5, 0.6) is 0 Å². The molecule has 0 unspecified atom stereocenters. The summed E-state index contributed by atoms with van der Waals surface area (Å²) in [5, 5.41) is 4.48. The maximum Gasteiger partial charge on any atom is 0.188 e. The van der Waals surface area contributed by atoms with Gasteiger partial charge in [0.25, 0.3) is 0 Å². The summed E-state index contributed by atoms with van der Waals surface area (Å²) in [4.78, 5) is 15.7. The first-order valence-electron chi connectivity index (χ1n) is 5.32. The van der Waals surface area contributed by atoms with Crippen molar-refractivity contribution in [2.45, 2.75) is 13.3 Å². The maximum atomic E-state index is 13.4. The molecule has 0 amide bonds. The molecule has 0 aliphatic heterocycles. The minimum absolute atomic E-state index is 0.00750. The van der Waals surface area contributed by atoms with Crippen LogP contribution in [0.2, 0.25) is 5.15 Å². The molecule has 0 radical (unpaired) electrons. The van der Waals surface area contributed by atoms with Crippen LogP contribution in [0.25, 0.3) is 0 Å². The zero-order valence-corrected chi connectivity index (χ0v) is 10.7. The normalized spacial score (nSPS) is 10.7. The third-order valence-corrected chi connectivity index (χ3v) is 3.10. The van der Waals surface area contributed by atoms with Crippen LogP contribution < -0.4 is 0 Å². The van der Waals surface area contributed by atoms with E-state index in [0.717, 1.165) is 0 Å². The van der Waals surface area contributed by atoms with E-state index in [1.165, 1.54) is 23.0 Å². The van der Waals surface area contributed by atoms with Crippen molar-refractivity contribution >= 4 is 17.4 Å². The number of pyridine rings is 1. The van der Waals surface area contributed by atoms with Gasteiger partial charge in [0, 0.05) is 25.2 Å². The number of carbonyl (C=O) groups is 1. The molecule has 0 atom stereocenters. The summed E-state index contributed by atoms with van der Waals surface area (Å²) in [5.74, 6) is -1.04. The van der Waals surface area contributed by atoms with Crippen molar-refractivity contribution in [3.8, 4) is 0 Å². The molecule has 4 nitrogen and oxygen atoms in total. The number of carbonyl (C=O) groups excluding carboxylic acids is 1. The third kappa shape index (κ3) is 2.26. The van der Waals surface area contributed by atoms with Gasteiger partial charge in [-0.15, -0.1) is 0 Å². The Morgan fingerprint density at radius 1 is 1.56 bits per heavy atom. The third-order valence-electron chi connectivity index (χ3n) is 2.63. The largest absolute Gasteiger partial charge is 0.292 e. The molecule has 0 aromatic carbocycles. The van der Waals surface area contributed by atoms with Gasteiger partial charge in [-0.3, -0.25) is 14.5 Å². The van der Waals surface area contributed by atoms with Crippen LogP contribution in [-0.4, -0.2) is 20.5 Å². The number of rotatable bonds is 3. The molecule has 0 spiro atoms. The summed E-state index contributed by atoms with van der Waals surface area (Å²) in [6.45, 7) is 1.75. The molecule has 0 bridgehead atoms. The van der Waals surface area contributed by atoms with Gasteiger partial charge in [0.1, 0.15) is 10.8 Å². The molecule has 2 aromatic heterocycles. The molecular formula is C12H11ClFN3O. The number of nitrogens with zero attached hydrogens (tertiary/aromatic N) is 3. The molecule has 0 fully saturated rings. The van der Waals surface area contributed by atoms with Gasteiger partial charge in [-0.05, 0) is 19.1 Å². The van der Waals surface area contributed by atoms with Gasteiger partial charge in [0.2, 0.25) is 0 Å².